The van der Waals surface area contributed by atoms with Gasteiger partial charge in [0.2, 0.25) is 0 Å². The lowest BCUT2D eigenvalue weighted by molar-refractivity contribution is 0.112. The third-order valence-electron chi connectivity index (χ3n) is 3.34. The Balaban J connectivity index is 2.18. The number of rotatable bonds is 4. The minimum atomic E-state index is 0.531. The summed E-state index contributed by atoms with van der Waals surface area (Å²) in [5.74, 6) is 1.59. The fourth-order valence-electron chi connectivity index (χ4n) is 2.08. The molecule has 0 saturated heterocycles. The van der Waals surface area contributed by atoms with Gasteiger partial charge in [-0.2, -0.15) is 0 Å². The van der Waals surface area contributed by atoms with Gasteiger partial charge in [-0.05, 0) is 30.4 Å². The van der Waals surface area contributed by atoms with Crippen LogP contribution in [0.4, 0.5) is 5.69 Å². The standard InChI is InChI=1S/C13H16ClNO/c1-9-6-10(9)7-15(2)13-5-3-4-12(14)11(13)8-16/h3-5,8-10H,6-7H2,1-2H3. The van der Waals surface area contributed by atoms with Gasteiger partial charge >= 0.3 is 0 Å². The molecule has 0 bridgehead atoms. The second-order valence-electron chi connectivity index (χ2n) is 4.64. The van der Waals surface area contributed by atoms with Gasteiger partial charge in [0.05, 0.1) is 10.6 Å². The Morgan fingerprint density at radius 3 is 2.81 bits per heavy atom. The normalized spacial score (nSPS) is 22.9. The maximum atomic E-state index is 11.0. The van der Waals surface area contributed by atoms with Gasteiger partial charge in [0.1, 0.15) is 0 Å². The molecular formula is C13H16ClNO. The number of carbonyl (C=O) groups excluding carboxylic acids is 1. The molecule has 2 nitrogen and oxygen atoms in total. The van der Waals surface area contributed by atoms with Crippen molar-refractivity contribution in [1.82, 2.24) is 0 Å². The van der Waals surface area contributed by atoms with Crippen molar-refractivity contribution in [2.45, 2.75) is 13.3 Å². The van der Waals surface area contributed by atoms with Crippen molar-refractivity contribution < 1.29 is 4.79 Å². The maximum Gasteiger partial charge on any atom is 0.153 e. The first-order valence-corrected chi connectivity index (χ1v) is 5.96. The Hall–Kier alpha value is -1.02. The molecule has 2 rings (SSSR count). The summed E-state index contributed by atoms with van der Waals surface area (Å²) < 4.78 is 0. The minimum Gasteiger partial charge on any atom is -0.374 e. The first kappa shape index (κ1) is 11.5. The van der Waals surface area contributed by atoms with Gasteiger partial charge in [-0.15, -0.1) is 0 Å². The highest BCUT2D eigenvalue weighted by Crippen LogP contribution is 2.39. The van der Waals surface area contributed by atoms with Crippen LogP contribution in [0.5, 0.6) is 0 Å². The third-order valence-corrected chi connectivity index (χ3v) is 3.67. The van der Waals surface area contributed by atoms with Gasteiger partial charge in [0, 0.05) is 19.3 Å². The summed E-state index contributed by atoms with van der Waals surface area (Å²) >= 11 is 6.00. The average molecular weight is 238 g/mol. The largest absolute Gasteiger partial charge is 0.374 e. The number of nitrogens with zero attached hydrogens (tertiary/aromatic N) is 1. The number of carbonyl (C=O) groups is 1. The van der Waals surface area contributed by atoms with Crippen LogP contribution in [0.3, 0.4) is 0 Å². The van der Waals surface area contributed by atoms with Gasteiger partial charge in [-0.25, -0.2) is 0 Å². The van der Waals surface area contributed by atoms with Crippen LogP contribution in [-0.4, -0.2) is 19.9 Å². The van der Waals surface area contributed by atoms with Crippen LogP contribution in [0.15, 0.2) is 18.2 Å². The highest BCUT2D eigenvalue weighted by molar-refractivity contribution is 6.33. The van der Waals surface area contributed by atoms with Crippen molar-refractivity contribution in [3.8, 4) is 0 Å². The van der Waals surface area contributed by atoms with Crippen LogP contribution in [0, 0.1) is 11.8 Å². The highest BCUT2D eigenvalue weighted by atomic mass is 35.5. The number of hydrogen-bond acceptors (Lipinski definition) is 2. The molecule has 2 unspecified atom stereocenters. The molecule has 0 spiro atoms. The molecule has 1 aliphatic rings. The quantitative estimate of drug-likeness (QED) is 0.750. The van der Waals surface area contributed by atoms with Gasteiger partial charge in [-0.1, -0.05) is 24.6 Å². The second-order valence-corrected chi connectivity index (χ2v) is 5.05. The van der Waals surface area contributed by atoms with Gasteiger partial charge in [0.25, 0.3) is 0 Å². The molecule has 2 atom stereocenters. The molecular weight excluding hydrogens is 222 g/mol. The minimum absolute atomic E-state index is 0.531. The zero-order valence-electron chi connectivity index (χ0n) is 9.61. The number of hydrogen-bond donors (Lipinski definition) is 0. The third kappa shape index (κ3) is 2.22. The van der Waals surface area contributed by atoms with E-state index in [-0.39, 0.29) is 0 Å². The van der Waals surface area contributed by atoms with Gasteiger partial charge in [0.15, 0.2) is 6.29 Å². The Morgan fingerprint density at radius 2 is 2.25 bits per heavy atom. The summed E-state index contributed by atoms with van der Waals surface area (Å²) in [6.07, 6.45) is 2.13. The fraction of sp³-hybridized carbons (Fsp3) is 0.462. The Bertz CT molecular complexity index is 405. The summed E-state index contributed by atoms with van der Waals surface area (Å²) in [6.45, 7) is 3.26. The van der Waals surface area contributed by atoms with E-state index in [0.717, 1.165) is 30.4 Å². The topological polar surface area (TPSA) is 20.3 Å². The van der Waals surface area contributed by atoms with Crippen LogP contribution in [0.25, 0.3) is 0 Å². The molecule has 1 fully saturated rings. The van der Waals surface area contributed by atoms with Crippen LogP contribution < -0.4 is 4.90 Å². The average Bonchev–Trinajstić information content (AvgIpc) is 2.93. The predicted octanol–water partition coefficient (Wildman–Crippen LogP) is 3.24. The summed E-state index contributed by atoms with van der Waals surface area (Å²) in [5.41, 5.74) is 1.53. The number of anilines is 1. The molecule has 1 saturated carbocycles. The van der Waals surface area contributed by atoms with E-state index in [0.29, 0.717) is 10.6 Å². The summed E-state index contributed by atoms with van der Waals surface area (Å²) in [7, 11) is 2.02. The smallest absolute Gasteiger partial charge is 0.153 e. The van der Waals surface area contributed by atoms with Crippen molar-refractivity contribution in [1.29, 1.82) is 0 Å². The van der Waals surface area contributed by atoms with E-state index in [4.69, 9.17) is 11.6 Å². The zero-order valence-corrected chi connectivity index (χ0v) is 10.4. The molecule has 0 N–H and O–H groups in total. The summed E-state index contributed by atoms with van der Waals surface area (Å²) in [6, 6.07) is 5.59. The molecule has 1 aromatic carbocycles. The monoisotopic (exact) mass is 237 g/mol. The Kier molecular flexibility index (Phi) is 3.20. The SMILES string of the molecule is CC1CC1CN(C)c1cccc(Cl)c1C=O. The first-order valence-electron chi connectivity index (χ1n) is 5.58. The highest BCUT2D eigenvalue weighted by Gasteiger charge is 2.33. The molecule has 1 aliphatic carbocycles. The maximum absolute atomic E-state index is 11.0. The van der Waals surface area contributed by atoms with Crippen LogP contribution in [0.1, 0.15) is 23.7 Å². The van der Waals surface area contributed by atoms with Crippen molar-refractivity contribution >= 4 is 23.6 Å². The molecule has 3 heteroatoms. The van der Waals surface area contributed by atoms with Crippen molar-refractivity contribution in [2.24, 2.45) is 11.8 Å². The van der Waals surface area contributed by atoms with E-state index in [1.807, 2.05) is 19.2 Å². The molecule has 0 heterocycles. The lowest BCUT2D eigenvalue weighted by atomic mass is 10.1. The van der Waals surface area contributed by atoms with Crippen LogP contribution in [-0.2, 0) is 0 Å². The predicted molar refractivity (Wildman–Crippen MR) is 67.4 cm³/mol. The molecule has 0 aromatic heterocycles. The van der Waals surface area contributed by atoms with E-state index < -0.39 is 0 Å². The van der Waals surface area contributed by atoms with E-state index >= 15 is 0 Å². The second kappa shape index (κ2) is 4.46. The molecule has 16 heavy (non-hydrogen) atoms. The molecule has 1 aromatic rings. The van der Waals surface area contributed by atoms with Crippen LogP contribution >= 0.6 is 11.6 Å². The molecule has 0 radical (unpaired) electrons. The van der Waals surface area contributed by atoms with Crippen LogP contribution in [0.2, 0.25) is 5.02 Å². The fourth-order valence-corrected chi connectivity index (χ4v) is 2.29. The number of benzene rings is 1. The van der Waals surface area contributed by atoms with Crippen molar-refractivity contribution in [2.75, 3.05) is 18.5 Å². The number of aldehydes is 1. The molecule has 0 amide bonds. The lowest BCUT2D eigenvalue weighted by Crippen LogP contribution is -2.21. The van der Waals surface area contributed by atoms with E-state index in [1.165, 1.54) is 6.42 Å². The van der Waals surface area contributed by atoms with E-state index in [2.05, 4.69) is 11.8 Å². The number of halogens is 1. The summed E-state index contributed by atoms with van der Waals surface area (Å²) in [5, 5.41) is 0.531. The first-order chi connectivity index (χ1) is 7.63. The Labute approximate surface area is 101 Å². The zero-order chi connectivity index (χ0) is 11.7. The lowest BCUT2D eigenvalue weighted by Gasteiger charge is -2.21. The van der Waals surface area contributed by atoms with Crippen molar-refractivity contribution in [3.63, 3.8) is 0 Å². The van der Waals surface area contributed by atoms with E-state index in [9.17, 15) is 4.79 Å². The van der Waals surface area contributed by atoms with Gasteiger partial charge in [-0.3, -0.25) is 4.79 Å². The van der Waals surface area contributed by atoms with Gasteiger partial charge < -0.3 is 4.90 Å². The Morgan fingerprint density at radius 1 is 1.56 bits per heavy atom. The van der Waals surface area contributed by atoms with E-state index in [1.54, 1.807) is 6.07 Å². The van der Waals surface area contributed by atoms with Crippen molar-refractivity contribution in [3.05, 3.63) is 28.8 Å². The molecule has 86 valence electrons. The summed E-state index contributed by atoms with van der Waals surface area (Å²) in [4.78, 5) is 13.1. The molecule has 0 aliphatic heterocycles.